The van der Waals surface area contributed by atoms with Gasteiger partial charge in [-0.1, -0.05) is 19.1 Å². The van der Waals surface area contributed by atoms with Crippen LogP contribution in [0.4, 0.5) is 0 Å². The van der Waals surface area contributed by atoms with E-state index in [9.17, 15) is 18.0 Å². The first-order chi connectivity index (χ1) is 10.9. The summed E-state index contributed by atoms with van der Waals surface area (Å²) in [7, 11) is -3.55. The Morgan fingerprint density at radius 3 is 2.70 bits per heavy atom. The number of hydrogen-bond donors (Lipinski definition) is 1. The molecule has 1 atom stereocenters. The molecule has 0 bridgehead atoms. The third kappa shape index (κ3) is 3.89. The van der Waals surface area contributed by atoms with Gasteiger partial charge in [0.1, 0.15) is 0 Å². The molecule has 23 heavy (non-hydrogen) atoms. The lowest BCUT2D eigenvalue weighted by molar-refractivity contribution is -0.154. The molecule has 8 heteroatoms. The molecule has 1 aromatic carbocycles. The number of carbonyl (C=O) groups is 2. The van der Waals surface area contributed by atoms with Gasteiger partial charge in [-0.3, -0.25) is 4.79 Å². The second-order valence-corrected chi connectivity index (χ2v) is 7.34. The quantitative estimate of drug-likeness (QED) is 0.850. The zero-order chi connectivity index (χ0) is 17.0. The minimum absolute atomic E-state index is 0.00906. The average molecular weight is 341 g/mol. The van der Waals surface area contributed by atoms with Crippen LogP contribution in [0.15, 0.2) is 29.2 Å². The molecule has 126 valence electrons. The number of nitrogens with zero attached hydrogens (tertiary/aromatic N) is 1. The van der Waals surface area contributed by atoms with Gasteiger partial charge in [0.2, 0.25) is 0 Å². The largest absolute Gasteiger partial charge is 0.479 e. The highest BCUT2D eigenvalue weighted by Gasteiger charge is 2.31. The number of sulfone groups is 1. The maximum atomic E-state index is 12.7. The lowest BCUT2D eigenvalue weighted by Gasteiger charge is -2.31. The van der Waals surface area contributed by atoms with Crippen LogP contribution in [0.1, 0.15) is 23.7 Å². The van der Waals surface area contributed by atoms with Gasteiger partial charge in [-0.15, -0.1) is 0 Å². The normalized spacial score (nSPS) is 18.7. The van der Waals surface area contributed by atoms with E-state index in [1.54, 1.807) is 19.1 Å². The van der Waals surface area contributed by atoms with Crippen molar-refractivity contribution in [2.24, 2.45) is 0 Å². The Morgan fingerprint density at radius 1 is 1.35 bits per heavy atom. The molecule has 0 unspecified atom stereocenters. The molecule has 0 radical (unpaired) electrons. The van der Waals surface area contributed by atoms with E-state index in [0.29, 0.717) is 6.42 Å². The molecular weight excluding hydrogens is 322 g/mol. The van der Waals surface area contributed by atoms with Gasteiger partial charge in [-0.2, -0.15) is 0 Å². The Kier molecular flexibility index (Phi) is 5.38. The predicted molar refractivity (Wildman–Crippen MR) is 82.1 cm³/mol. The number of amides is 1. The summed E-state index contributed by atoms with van der Waals surface area (Å²) in [4.78, 5) is 25.0. The SMILES string of the molecule is CCCS(=O)(=O)c1ccccc1C(=O)N1CCO[C@H](C(=O)O)C1. The molecule has 7 nitrogen and oxygen atoms in total. The van der Waals surface area contributed by atoms with Gasteiger partial charge in [0.15, 0.2) is 15.9 Å². The van der Waals surface area contributed by atoms with Crippen LogP contribution in [0.3, 0.4) is 0 Å². The summed E-state index contributed by atoms with van der Waals surface area (Å²) in [6.45, 7) is 1.98. The van der Waals surface area contributed by atoms with Gasteiger partial charge in [0.05, 0.1) is 29.4 Å². The fourth-order valence-corrected chi connectivity index (χ4v) is 3.98. The highest BCUT2D eigenvalue weighted by atomic mass is 32.2. The van der Waals surface area contributed by atoms with E-state index in [1.165, 1.54) is 17.0 Å². The van der Waals surface area contributed by atoms with Crippen molar-refractivity contribution in [3.8, 4) is 0 Å². The Balaban J connectivity index is 2.32. The molecule has 0 saturated carbocycles. The maximum absolute atomic E-state index is 12.7. The summed E-state index contributed by atoms with van der Waals surface area (Å²) in [5.74, 6) is -1.68. The van der Waals surface area contributed by atoms with E-state index < -0.39 is 27.8 Å². The number of rotatable bonds is 5. The summed E-state index contributed by atoms with van der Waals surface area (Å²) in [5.41, 5.74) is 0.0759. The highest BCUT2D eigenvalue weighted by molar-refractivity contribution is 7.91. The number of carboxylic acids is 1. The first kappa shape index (κ1) is 17.4. The van der Waals surface area contributed by atoms with Gasteiger partial charge >= 0.3 is 5.97 Å². The number of benzene rings is 1. The number of ether oxygens (including phenoxy) is 1. The van der Waals surface area contributed by atoms with Gasteiger partial charge in [0.25, 0.3) is 5.91 Å². The Labute approximate surface area is 134 Å². The lowest BCUT2D eigenvalue weighted by atomic mass is 10.1. The van der Waals surface area contributed by atoms with Crippen LogP contribution in [0.2, 0.25) is 0 Å². The number of aliphatic carboxylic acids is 1. The smallest absolute Gasteiger partial charge is 0.334 e. The summed E-state index contributed by atoms with van der Waals surface area (Å²) in [5, 5.41) is 9.00. The monoisotopic (exact) mass is 341 g/mol. The molecule has 1 fully saturated rings. The minimum Gasteiger partial charge on any atom is -0.479 e. The van der Waals surface area contributed by atoms with Crippen molar-refractivity contribution < 1.29 is 27.9 Å². The van der Waals surface area contributed by atoms with Crippen LogP contribution in [0, 0.1) is 0 Å². The molecule has 2 rings (SSSR count). The van der Waals surface area contributed by atoms with Crippen molar-refractivity contribution in [3.63, 3.8) is 0 Å². The first-order valence-electron chi connectivity index (χ1n) is 7.32. The molecule has 1 aromatic rings. The second kappa shape index (κ2) is 7.10. The summed E-state index contributed by atoms with van der Waals surface area (Å²) < 4.78 is 29.7. The molecule has 1 amide bonds. The van der Waals surface area contributed by atoms with Gasteiger partial charge < -0.3 is 14.7 Å². The Hall–Kier alpha value is -1.93. The van der Waals surface area contributed by atoms with E-state index >= 15 is 0 Å². The summed E-state index contributed by atoms with van der Waals surface area (Å²) >= 11 is 0. The van der Waals surface area contributed by atoms with Crippen LogP contribution in [-0.4, -0.2) is 61.9 Å². The number of morpholine rings is 1. The Morgan fingerprint density at radius 2 is 2.04 bits per heavy atom. The van der Waals surface area contributed by atoms with Gasteiger partial charge in [-0.05, 0) is 18.6 Å². The van der Waals surface area contributed by atoms with Crippen LogP contribution in [0.5, 0.6) is 0 Å². The van der Waals surface area contributed by atoms with E-state index in [1.807, 2.05) is 0 Å². The van der Waals surface area contributed by atoms with Crippen LogP contribution in [0.25, 0.3) is 0 Å². The summed E-state index contributed by atoms with van der Waals surface area (Å²) in [6.07, 6.45) is -0.643. The number of hydrogen-bond acceptors (Lipinski definition) is 5. The third-order valence-electron chi connectivity index (χ3n) is 3.55. The fraction of sp³-hybridized carbons (Fsp3) is 0.467. The average Bonchev–Trinajstić information content (AvgIpc) is 2.54. The van der Waals surface area contributed by atoms with Crippen LogP contribution < -0.4 is 0 Å². The molecule has 0 spiro atoms. The summed E-state index contributed by atoms with van der Waals surface area (Å²) in [6, 6.07) is 6.02. The van der Waals surface area contributed by atoms with E-state index in [0.717, 1.165) is 0 Å². The van der Waals surface area contributed by atoms with Crippen LogP contribution >= 0.6 is 0 Å². The standard InChI is InChI=1S/C15H19NO6S/c1-2-9-23(20,21)13-6-4-3-5-11(13)14(17)16-7-8-22-12(10-16)15(18)19/h3-6,12H,2,7-10H2,1H3,(H,18,19)/t12-/m0/s1. The zero-order valence-electron chi connectivity index (χ0n) is 12.8. The number of carboxylic acid groups (broad SMARTS) is 1. The molecule has 1 saturated heterocycles. The van der Waals surface area contributed by atoms with Crippen LogP contribution in [-0.2, 0) is 19.4 Å². The maximum Gasteiger partial charge on any atom is 0.334 e. The topological polar surface area (TPSA) is 101 Å². The fourth-order valence-electron chi connectivity index (χ4n) is 2.45. The predicted octanol–water partition coefficient (Wildman–Crippen LogP) is 0.796. The molecule has 0 aliphatic carbocycles. The van der Waals surface area contributed by atoms with Crippen molar-refractivity contribution in [1.29, 1.82) is 0 Å². The molecule has 1 heterocycles. The number of carbonyl (C=O) groups excluding carboxylic acids is 1. The van der Waals surface area contributed by atoms with E-state index in [-0.39, 0.29) is 35.9 Å². The van der Waals surface area contributed by atoms with Crippen molar-refractivity contribution >= 4 is 21.7 Å². The molecule has 1 aliphatic heterocycles. The van der Waals surface area contributed by atoms with E-state index in [2.05, 4.69) is 0 Å². The van der Waals surface area contributed by atoms with Crippen molar-refractivity contribution in [2.75, 3.05) is 25.4 Å². The molecular formula is C15H19NO6S. The Bertz CT molecular complexity index is 700. The van der Waals surface area contributed by atoms with E-state index in [4.69, 9.17) is 9.84 Å². The highest BCUT2D eigenvalue weighted by Crippen LogP contribution is 2.20. The molecule has 0 aromatic heterocycles. The first-order valence-corrected chi connectivity index (χ1v) is 8.97. The van der Waals surface area contributed by atoms with Crippen molar-refractivity contribution in [3.05, 3.63) is 29.8 Å². The van der Waals surface area contributed by atoms with Crippen molar-refractivity contribution in [1.82, 2.24) is 4.90 Å². The molecule has 1 aliphatic rings. The third-order valence-corrected chi connectivity index (χ3v) is 5.53. The minimum atomic E-state index is -3.55. The second-order valence-electron chi connectivity index (χ2n) is 5.26. The van der Waals surface area contributed by atoms with Gasteiger partial charge in [-0.25, -0.2) is 13.2 Å². The molecule has 1 N–H and O–H groups in total. The zero-order valence-corrected chi connectivity index (χ0v) is 13.6. The lowest BCUT2D eigenvalue weighted by Crippen LogP contribution is -2.48. The van der Waals surface area contributed by atoms with Crippen molar-refractivity contribution in [2.45, 2.75) is 24.3 Å². The van der Waals surface area contributed by atoms with Gasteiger partial charge in [0, 0.05) is 6.54 Å².